The lowest BCUT2D eigenvalue weighted by Crippen LogP contribution is -2.38. The minimum Gasteiger partial charge on any atom is -0.353 e. The van der Waals surface area contributed by atoms with Crippen molar-refractivity contribution in [3.63, 3.8) is 0 Å². The lowest BCUT2D eigenvalue weighted by Gasteiger charge is -2.28. The van der Waals surface area contributed by atoms with Crippen molar-refractivity contribution < 1.29 is 4.79 Å². The van der Waals surface area contributed by atoms with E-state index in [1.54, 1.807) is 11.3 Å². The van der Waals surface area contributed by atoms with Gasteiger partial charge in [0.05, 0.1) is 5.56 Å². The number of benzene rings is 2. The Bertz CT molecular complexity index is 968. The summed E-state index contributed by atoms with van der Waals surface area (Å²) in [5.74, 6) is 0.0478. The number of thiophene rings is 1. The number of rotatable bonds is 3. The first-order valence-electron chi connectivity index (χ1n) is 9.31. The van der Waals surface area contributed by atoms with Gasteiger partial charge in [0.15, 0.2) is 0 Å². The molecule has 136 valence electrons. The number of nitrogens with one attached hydrogen (secondary N) is 2. The highest BCUT2D eigenvalue weighted by molar-refractivity contribution is 7.16. The molecule has 27 heavy (non-hydrogen) atoms. The highest BCUT2D eigenvalue weighted by Crippen LogP contribution is 2.40. The maximum atomic E-state index is 12.8. The van der Waals surface area contributed by atoms with Gasteiger partial charge in [-0.3, -0.25) is 9.69 Å². The van der Waals surface area contributed by atoms with Crippen molar-refractivity contribution in [2.75, 3.05) is 11.9 Å². The molecule has 0 radical (unpaired) electrons. The summed E-state index contributed by atoms with van der Waals surface area (Å²) in [6.07, 6.45) is 0.769. The average Bonchev–Trinajstić information content (AvgIpc) is 3.07. The van der Waals surface area contributed by atoms with Gasteiger partial charge >= 0.3 is 0 Å². The first kappa shape index (κ1) is 16.5. The topological polar surface area (TPSA) is 44.4 Å². The molecule has 5 rings (SSSR count). The smallest absolute Gasteiger partial charge is 0.256 e. The van der Waals surface area contributed by atoms with Crippen LogP contribution < -0.4 is 10.6 Å². The van der Waals surface area contributed by atoms with Gasteiger partial charge < -0.3 is 10.6 Å². The van der Waals surface area contributed by atoms with Crippen molar-refractivity contribution in [2.45, 2.75) is 25.7 Å². The molecule has 2 aromatic carbocycles. The predicted octanol–water partition coefficient (Wildman–Crippen LogP) is 4.16. The summed E-state index contributed by atoms with van der Waals surface area (Å²) >= 11 is 1.74. The highest BCUT2D eigenvalue weighted by Gasteiger charge is 2.33. The Morgan fingerprint density at radius 2 is 1.74 bits per heavy atom. The van der Waals surface area contributed by atoms with Crippen LogP contribution >= 0.6 is 11.3 Å². The van der Waals surface area contributed by atoms with Gasteiger partial charge in [-0.25, -0.2) is 0 Å². The number of carbonyl (C=O) groups excluding carboxylic acids is 1. The number of carbonyl (C=O) groups is 1. The van der Waals surface area contributed by atoms with Crippen LogP contribution in [0.3, 0.4) is 0 Å². The summed E-state index contributed by atoms with van der Waals surface area (Å²) in [4.78, 5) is 16.6. The van der Waals surface area contributed by atoms with E-state index >= 15 is 0 Å². The highest BCUT2D eigenvalue weighted by atomic mass is 32.1. The number of hydrogen-bond donors (Lipinski definition) is 2. The molecule has 0 saturated heterocycles. The molecule has 0 fully saturated rings. The summed E-state index contributed by atoms with van der Waals surface area (Å²) < 4.78 is 0. The Labute approximate surface area is 162 Å². The molecule has 1 amide bonds. The van der Waals surface area contributed by atoms with E-state index in [-0.39, 0.29) is 12.1 Å². The van der Waals surface area contributed by atoms with E-state index in [1.807, 2.05) is 30.3 Å². The van der Waals surface area contributed by atoms with Gasteiger partial charge in [0.2, 0.25) is 0 Å². The van der Waals surface area contributed by atoms with Crippen molar-refractivity contribution in [3.8, 4) is 0 Å². The van der Waals surface area contributed by atoms with Crippen molar-refractivity contribution in [1.82, 2.24) is 10.2 Å². The Morgan fingerprint density at radius 1 is 1.00 bits per heavy atom. The number of amides is 1. The Hall–Kier alpha value is -2.63. The van der Waals surface area contributed by atoms with E-state index in [1.165, 1.54) is 16.0 Å². The minimum absolute atomic E-state index is 0.0478. The van der Waals surface area contributed by atoms with Crippen LogP contribution in [0, 0.1) is 0 Å². The van der Waals surface area contributed by atoms with Crippen molar-refractivity contribution in [1.29, 1.82) is 0 Å². The fourth-order valence-corrected chi connectivity index (χ4v) is 5.27. The zero-order valence-electron chi connectivity index (χ0n) is 14.9. The molecule has 1 atom stereocenters. The van der Waals surface area contributed by atoms with Crippen LogP contribution in [0.4, 0.5) is 5.00 Å². The second kappa shape index (κ2) is 6.83. The van der Waals surface area contributed by atoms with Gasteiger partial charge in [-0.15, -0.1) is 11.3 Å². The number of fused-ring (bicyclic) bond motifs is 3. The minimum atomic E-state index is -0.160. The normalized spacial score (nSPS) is 19.0. The Morgan fingerprint density at radius 3 is 2.52 bits per heavy atom. The lowest BCUT2D eigenvalue weighted by molar-refractivity contribution is 0.0934. The average molecular weight is 375 g/mol. The lowest BCUT2D eigenvalue weighted by atomic mass is 10.00. The third-order valence-electron chi connectivity index (χ3n) is 5.30. The number of anilines is 1. The van der Waals surface area contributed by atoms with Crippen molar-refractivity contribution in [2.24, 2.45) is 0 Å². The monoisotopic (exact) mass is 375 g/mol. The summed E-state index contributed by atoms with van der Waals surface area (Å²) in [7, 11) is 0. The van der Waals surface area contributed by atoms with E-state index < -0.39 is 0 Å². The molecule has 0 aliphatic carbocycles. The number of nitrogens with zero attached hydrogens (tertiary/aromatic N) is 1. The van der Waals surface area contributed by atoms with Crippen LogP contribution in [-0.2, 0) is 19.5 Å². The second-order valence-electron chi connectivity index (χ2n) is 7.12. The van der Waals surface area contributed by atoms with Gasteiger partial charge in [-0.2, -0.15) is 0 Å². The maximum Gasteiger partial charge on any atom is 0.256 e. The molecular weight excluding hydrogens is 354 g/mol. The SMILES string of the molecule is O=C1N[C@@H](c2ccccc2)Nc2sc3c(c21)CCN(Cc1ccccc1)C3. The van der Waals surface area contributed by atoms with Crippen molar-refractivity contribution >= 4 is 22.2 Å². The van der Waals surface area contributed by atoms with Gasteiger partial charge in [0.25, 0.3) is 5.91 Å². The summed E-state index contributed by atoms with van der Waals surface area (Å²) in [5, 5.41) is 7.67. The second-order valence-corrected chi connectivity index (χ2v) is 8.22. The molecule has 4 nitrogen and oxygen atoms in total. The van der Waals surface area contributed by atoms with Gasteiger partial charge in [0.1, 0.15) is 11.2 Å². The molecule has 2 aliphatic heterocycles. The van der Waals surface area contributed by atoms with Crippen LogP contribution in [0.25, 0.3) is 0 Å². The number of hydrogen-bond acceptors (Lipinski definition) is 4. The van der Waals surface area contributed by atoms with E-state index in [9.17, 15) is 4.79 Å². The van der Waals surface area contributed by atoms with Crippen LogP contribution in [0.15, 0.2) is 60.7 Å². The predicted molar refractivity (Wildman–Crippen MR) is 109 cm³/mol. The molecule has 5 heteroatoms. The van der Waals surface area contributed by atoms with E-state index in [4.69, 9.17) is 0 Å². The van der Waals surface area contributed by atoms with Crippen LogP contribution in [-0.4, -0.2) is 17.4 Å². The molecule has 2 aliphatic rings. The summed E-state index contributed by atoms with van der Waals surface area (Å²) in [6, 6.07) is 20.7. The third kappa shape index (κ3) is 3.13. The fraction of sp³-hybridized carbons (Fsp3) is 0.227. The largest absolute Gasteiger partial charge is 0.353 e. The zero-order chi connectivity index (χ0) is 18.2. The van der Waals surface area contributed by atoms with E-state index in [2.05, 4.69) is 45.9 Å². The quantitative estimate of drug-likeness (QED) is 0.722. The molecule has 2 N–H and O–H groups in total. The molecule has 0 bridgehead atoms. The standard InChI is InChI=1S/C22H21N3OS/c26-21-19-17-11-12-25(13-15-7-3-1-4-8-15)14-18(17)27-22(19)24-20(23-21)16-9-5-2-6-10-16/h1-10,20,24H,11-14H2,(H,23,26)/t20-/m1/s1. The van der Waals surface area contributed by atoms with Crippen LogP contribution in [0.2, 0.25) is 0 Å². The molecular formula is C22H21N3OS. The Kier molecular flexibility index (Phi) is 4.19. The molecule has 3 aromatic rings. The molecule has 3 heterocycles. The van der Waals surface area contributed by atoms with E-state index in [0.717, 1.165) is 42.2 Å². The summed E-state index contributed by atoms with van der Waals surface area (Å²) in [5.41, 5.74) is 4.51. The van der Waals surface area contributed by atoms with Crippen molar-refractivity contribution in [3.05, 3.63) is 87.8 Å². The van der Waals surface area contributed by atoms with Gasteiger partial charge in [0, 0.05) is 24.5 Å². The van der Waals surface area contributed by atoms with E-state index in [0.29, 0.717) is 0 Å². The van der Waals surface area contributed by atoms with Crippen LogP contribution in [0.5, 0.6) is 0 Å². The first-order valence-corrected chi connectivity index (χ1v) is 10.1. The molecule has 0 saturated carbocycles. The summed E-state index contributed by atoms with van der Waals surface area (Å²) in [6.45, 7) is 2.85. The third-order valence-corrected chi connectivity index (χ3v) is 6.44. The molecule has 0 spiro atoms. The maximum absolute atomic E-state index is 12.8. The zero-order valence-corrected chi connectivity index (χ0v) is 15.8. The molecule has 1 aromatic heterocycles. The van der Waals surface area contributed by atoms with Gasteiger partial charge in [-0.05, 0) is 23.1 Å². The molecule has 0 unspecified atom stereocenters. The fourth-order valence-electron chi connectivity index (χ4n) is 3.96. The van der Waals surface area contributed by atoms with Gasteiger partial charge in [-0.1, -0.05) is 60.7 Å². The van der Waals surface area contributed by atoms with Crippen LogP contribution in [0.1, 0.15) is 38.1 Å². The Balaban J connectivity index is 1.39. The first-order chi connectivity index (χ1) is 13.3.